The van der Waals surface area contributed by atoms with Gasteiger partial charge >= 0.3 is 0 Å². The first-order chi connectivity index (χ1) is 9.24. The molecule has 3 heterocycles. The first-order valence-corrected chi connectivity index (χ1v) is 7.14. The van der Waals surface area contributed by atoms with Crippen molar-refractivity contribution in [2.45, 2.75) is 37.8 Å². The van der Waals surface area contributed by atoms with E-state index in [-0.39, 0.29) is 17.1 Å². The van der Waals surface area contributed by atoms with Crippen LogP contribution in [0.5, 0.6) is 0 Å². The van der Waals surface area contributed by atoms with E-state index in [1.165, 1.54) is 31.7 Å². The molecule has 2 unspecified atom stereocenters. The normalized spacial score (nSPS) is 27.0. The lowest BCUT2D eigenvalue weighted by Crippen LogP contribution is -2.46. The van der Waals surface area contributed by atoms with E-state index in [4.69, 9.17) is 11.6 Å². The van der Waals surface area contributed by atoms with E-state index >= 15 is 0 Å². The van der Waals surface area contributed by atoms with Crippen molar-refractivity contribution in [2.75, 3.05) is 13.1 Å². The smallest absolute Gasteiger partial charge is 0.271 e. The third-order valence-electron chi connectivity index (χ3n) is 4.01. The van der Waals surface area contributed by atoms with Crippen LogP contribution in [0, 0.1) is 0 Å². The molecule has 1 aromatic rings. The number of halogens is 1. The summed E-state index contributed by atoms with van der Waals surface area (Å²) in [6.45, 7) is 2.24. The van der Waals surface area contributed by atoms with Crippen LogP contribution in [-0.4, -0.2) is 45.9 Å². The Hall–Kier alpha value is -1.20. The Labute approximate surface area is 117 Å². The summed E-state index contributed by atoms with van der Waals surface area (Å²) in [7, 11) is 0. The van der Waals surface area contributed by atoms with E-state index in [0.717, 1.165) is 19.5 Å². The van der Waals surface area contributed by atoms with Crippen LogP contribution in [0.25, 0.3) is 0 Å². The molecule has 1 aromatic heterocycles. The van der Waals surface area contributed by atoms with Crippen LogP contribution >= 0.6 is 11.6 Å². The maximum atomic E-state index is 12.1. The Morgan fingerprint density at radius 1 is 1.32 bits per heavy atom. The van der Waals surface area contributed by atoms with Gasteiger partial charge in [0.15, 0.2) is 0 Å². The Morgan fingerprint density at radius 3 is 3.05 bits per heavy atom. The molecular weight excluding hydrogens is 264 g/mol. The molecule has 1 amide bonds. The Balaban J connectivity index is 1.66. The highest BCUT2D eigenvalue weighted by atomic mass is 35.5. The fourth-order valence-electron chi connectivity index (χ4n) is 3.11. The second-order valence-electron chi connectivity index (χ2n) is 5.19. The van der Waals surface area contributed by atoms with Gasteiger partial charge in [0.25, 0.3) is 5.91 Å². The van der Waals surface area contributed by atoms with Crippen molar-refractivity contribution in [1.82, 2.24) is 20.2 Å². The van der Waals surface area contributed by atoms with Gasteiger partial charge in [-0.15, -0.1) is 0 Å². The minimum atomic E-state index is -0.174. The van der Waals surface area contributed by atoms with Crippen molar-refractivity contribution >= 4 is 17.5 Å². The first-order valence-electron chi connectivity index (χ1n) is 6.76. The van der Waals surface area contributed by atoms with Crippen molar-refractivity contribution in [3.05, 3.63) is 23.2 Å². The zero-order chi connectivity index (χ0) is 13.2. The fraction of sp³-hybridized carbons (Fsp3) is 0.615. The first kappa shape index (κ1) is 12.8. The maximum absolute atomic E-state index is 12.1. The number of fused-ring (bicyclic) bond motifs is 1. The van der Waals surface area contributed by atoms with E-state index in [2.05, 4.69) is 20.2 Å². The highest BCUT2D eigenvalue weighted by Crippen LogP contribution is 2.27. The van der Waals surface area contributed by atoms with Crippen molar-refractivity contribution in [3.63, 3.8) is 0 Å². The number of carbonyl (C=O) groups excluding carboxylic acids is 1. The van der Waals surface area contributed by atoms with Crippen molar-refractivity contribution in [2.24, 2.45) is 0 Å². The number of nitrogens with one attached hydrogen (secondary N) is 1. The average Bonchev–Trinajstić information content (AvgIpc) is 2.82. The molecule has 1 N–H and O–H groups in total. The molecule has 2 aliphatic rings. The molecule has 0 bridgehead atoms. The van der Waals surface area contributed by atoms with Crippen LogP contribution in [0.1, 0.15) is 36.2 Å². The summed E-state index contributed by atoms with van der Waals surface area (Å²) < 4.78 is 0. The van der Waals surface area contributed by atoms with Gasteiger partial charge in [-0.3, -0.25) is 14.7 Å². The molecule has 2 aliphatic heterocycles. The highest BCUT2D eigenvalue weighted by molar-refractivity contribution is 6.29. The van der Waals surface area contributed by atoms with Crippen LogP contribution in [-0.2, 0) is 0 Å². The molecule has 5 nitrogen and oxygen atoms in total. The predicted octanol–water partition coefficient (Wildman–Crippen LogP) is 1.49. The molecule has 19 heavy (non-hydrogen) atoms. The summed E-state index contributed by atoms with van der Waals surface area (Å²) in [5, 5.41) is 3.33. The molecule has 3 rings (SSSR count). The van der Waals surface area contributed by atoms with Crippen molar-refractivity contribution in [3.8, 4) is 0 Å². The van der Waals surface area contributed by atoms with Crippen LogP contribution < -0.4 is 5.32 Å². The molecule has 0 saturated carbocycles. The molecule has 0 radical (unpaired) electrons. The molecule has 2 saturated heterocycles. The number of nitrogens with zero attached hydrogens (tertiary/aromatic N) is 3. The number of hydrogen-bond donors (Lipinski definition) is 1. The summed E-state index contributed by atoms with van der Waals surface area (Å²) >= 11 is 5.75. The lowest BCUT2D eigenvalue weighted by molar-refractivity contribution is 0.0910. The zero-order valence-electron chi connectivity index (χ0n) is 10.7. The minimum Gasteiger partial charge on any atom is -0.346 e. The van der Waals surface area contributed by atoms with Gasteiger partial charge in [0, 0.05) is 18.6 Å². The van der Waals surface area contributed by atoms with E-state index < -0.39 is 0 Å². The monoisotopic (exact) mass is 280 g/mol. The number of rotatable bonds is 2. The second kappa shape index (κ2) is 5.43. The molecule has 2 atom stereocenters. The SMILES string of the molecule is O=C(NC1CCN2CCCCC12)c1cncc(Cl)n1. The van der Waals surface area contributed by atoms with Gasteiger partial charge in [0.05, 0.1) is 12.4 Å². The highest BCUT2D eigenvalue weighted by Gasteiger charge is 2.36. The quantitative estimate of drug-likeness (QED) is 0.892. The van der Waals surface area contributed by atoms with Crippen molar-refractivity contribution < 1.29 is 4.79 Å². The zero-order valence-corrected chi connectivity index (χ0v) is 11.4. The van der Waals surface area contributed by atoms with Crippen LogP contribution in [0.3, 0.4) is 0 Å². The third kappa shape index (κ3) is 2.72. The molecule has 2 fully saturated rings. The number of amides is 1. The number of piperidine rings is 1. The van der Waals surface area contributed by atoms with Gasteiger partial charge in [0.2, 0.25) is 0 Å². The molecular formula is C13H17ClN4O. The molecule has 0 aromatic carbocycles. The van der Waals surface area contributed by atoms with Gasteiger partial charge in [-0.1, -0.05) is 18.0 Å². The predicted molar refractivity (Wildman–Crippen MR) is 72.1 cm³/mol. The second-order valence-corrected chi connectivity index (χ2v) is 5.58. The van der Waals surface area contributed by atoms with Gasteiger partial charge in [0.1, 0.15) is 10.8 Å². The standard InChI is InChI=1S/C13H17ClN4O/c14-12-8-15-7-10(16-12)13(19)17-9-4-6-18-5-2-1-3-11(9)18/h7-9,11H,1-6H2,(H,17,19). The van der Waals surface area contributed by atoms with E-state index in [9.17, 15) is 4.79 Å². The van der Waals surface area contributed by atoms with Gasteiger partial charge in [-0.2, -0.15) is 0 Å². The van der Waals surface area contributed by atoms with Crippen LogP contribution in [0.4, 0.5) is 0 Å². The van der Waals surface area contributed by atoms with Gasteiger partial charge < -0.3 is 5.32 Å². The summed E-state index contributed by atoms with van der Waals surface area (Å²) in [5.74, 6) is -0.174. The van der Waals surface area contributed by atoms with Crippen molar-refractivity contribution in [1.29, 1.82) is 0 Å². The minimum absolute atomic E-state index is 0.174. The molecule has 6 heteroatoms. The topological polar surface area (TPSA) is 58.1 Å². The van der Waals surface area contributed by atoms with Gasteiger partial charge in [-0.25, -0.2) is 4.98 Å². The third-order valence-corrected chi connectivity index (χ3v) is 4.19. The van der Waals surface area contributed by atoms with Crippen LogP contribution in [0.15, 0.2) is 12.4 Å². The molecule has 102 valence electrons. The lowest BCUT2D eigenvalue weighted by atomic mass is 9.99. The Morgan fingerprint density at radius 2 is 2.21 bits per heavy atom. The Bertz CT molecular complexity index is 481. The molecule has 0 aliphatic carbocycles. The van der Waals surface area contributed by atoms with E-state index in [1.54, 1.807) is 0 Å². The summed E-state index contributed by atoms with van der Waals surface area (Å²) in [6, 6.07) is 0.721. The van der Waals surface area contributed by atoms with Gasteiger partial charge in [-0.05, 0) is 25.8 Å². The summed E-state index contributed by atoms with van der Waals surface area (Å²) in [4.78, 5) is 22.5. The maximum Gasteiger partial charge on any atom is 0.271 e. The summed E-state index contributed by atoms with van der Waals surface area (Å²) in [6.07, 6.45) is 7.60. The Kier molecular flexibility index (Phi) is 3.66. The number of carbonyl (C=O) groups is 1. The fourth-order valence-corrected chi connectivity index (χ4v) is 3.26. The van der Waals surface area contributed by atoms with E-state index in [0.29, 0.717) is 11.7 Å². The lowest BCUT2D eigenvalue weighted by Gasteiger charge is -2.32. The number of hydrogen-bond acceptors (Lipinski definition) is 4. The molecule has 0 spiro atoms. The summed E-state index contributed by atoms with van der Waals surface area (Å²) in [5.41, 5.74) is 0.293. The van der Waals surface area contributed by atoms with Crippen LogP contribution in [0.2, 0.25) is 5.15 Å². The number of aromatic nitrogens is 2. The average molecular weight is 281 g/mol. The largest absolute Gasteiger partial charge is 0.346 e. The van der Waals surface area contributed by atoms with E-state index in [1.807, 2.05) is 0 Å².